The summed E-state index contributed by atoms with van der Waals surface area (Å²) in [6.07, 6.45) is -0.126. The van der Waals surface area contributed by atoms with E-state index in [2.05, 4.69) is 9.97 Å². The molecule has 0 radical (unpaired) electrons. The van der Waals surface area contributed by atoms with E-state index in [-0.39, 0.29) is 5.82 Å². The molecule has 2 rings (SSSR count). The van der Waals surface area contributed by atoms with Crippen molar-refractivity contribution in [2.24, 2.45) is 0 Å². The van der Waals surface area contributed by atoms with Gasteiger partial charge in [0.1, 0.15) is 12.2 Å². The molecular formula is C10H8F3N3. The molecule has 0 aliphatic carbocycles. The van der Waals surface area contributed by atoms with Crippen molar-refractivity contribution in [3.05, 3.63) is 36.8 Å². The number of rotatable bonds is 2. The molecule has 0 fully saturated rings. The van der Waals surface area contributed by atoms with E-state index in [0.717, 1.165) is 4.57 Å². The zero-order chi connectivity index (χ0) is 11.6. The fourth-order valence-electron chi connectivity index (χ4n) is 1.36. The summed E-state index contributed by atoms with van der Waals surface area (Å²) in [7, 11) is 0. The van der Waals surface area contributed by atoms with Gasteiger partial charge in [-0.05, 0) is 12.1 Å². The van der Waals surface area contributed by atoms with Crippen LogP contribution in [0, 0.1) is 0 Å². The Morgan fingerprint density at radius 3 is 2.56 bits per heavy atom. The summed E-state index contributed by atoms with van der Waals surface area (Å²) in [5, 5.41) is 0. The first-order valence-electron chi connectivity index (χ1n) is 4.55. The van der Waals surface area contributed by atoms with Crippen LogP contribution in [-0.2, 0) is 6.54 Å². The number of hydrogen-bond donors (Lipinski definition) is 0. The summed E-state index contributed by atoms with van der Waals surface area (Å²) in [6.45, 7) is -1.06. The Bertz CT molecular complexity index is 462. The zero-order valence-corrected chi connectivity index (χ0v) is 8.15. The molecule has 16 heavy (non-hydrogen) atoms. The topological polar surface area (TPSA) is 30.7 Å². The summed E-state index contributed by atoms with van der Waals surface area (Å²) in [4.78, 5) is 7.83. The minimum atomic E-state index is -4.26. The van der Waals surface area contributed by atoms with E-state index in [1.165, 1.54) is 18.6 Å². The largest absolute Gasteiger partial charge is 0.406 e. The van der Waals surface area contributed by atoms with Crippen LogP contribution in [0.3, 0.4) is 0 Å². The summed E-state index contributed by atoms with van der Waals surface area (Å²) in [5.74, 6) is 0.220. The second-order valence-corrected chi connectivity index (χ2v) is 3.21. The van der Waals surface area contributed by atoms with Gasteiger partial charge in [-0.15, -0.1) is 0 Å². The van der Waals surface area contributed by atoms with E-state index in [0.29, 0.717) is 5.69 Å². The maximum absolute atomic E-state index is 12.2. The molecule has 0 unspecified atom stereocenters. The van der Waals surface area contributed by atoms with Crippen molar-refractivity contribution in [3.63, 3.8) is 0 Å². The number of hydrogen-bond acceptors (Lipinski definition) is 2. The van der Waals surface area contributed by atoms with Gasteiger partial charge in [-0.25, -0.2) is 4.98 Å². The average Bonchev–Trinajstić information content (AvgIpc) is 2.64. The summed E-state index contributed by atoms with van der Waals surface area (Å²) >= 11 is 0. The first-order chi connectivity index (χ1) is 7.56. The minimum Gasteiger partial charge on any atom is -0.321 e. The smallest absolute Gasteiger partial charge is 0.321 e. The van der Waals surface area contributed by atoms with Crippen molar-refractivity contribution in [3.8, 4) is 11.5 Å². The molecule has 0 spiro atoms. The maximum atomic E-state index is 12.2. The lowest BCUT2D eigenvalue weighted by molar-refractivity contribution is -0.140. The van der Waals surface area contributed by atoms with Crippen molar-refractivity contribution < 1.29 is 13.2 Å². The van der Waals surface area contributed by atoms with Gasteiger partial charge in [0.25, 0.3) is 0 Å². The number of imidazole rings is 1. The Balaban J connectivity index is 2.33. The molecule has 0 bridgehead atoms. The molecule has 0 aromatic carbocycles. The fraction of sp³-hybridized carbons (Fsp3) is 0.200. The second kappa shape index (κ2) is 3.96. The fourth-order valence-corrected chi connectivity index (χ4v) is 1.36. The summed E-state index contributed by atoms with van der Waals surface area (Å²) < 4.78 is 37.8. The van der Waals surface area contributed by atoms with Gasteiger partial charge in [-0.1, -0.05) is 6.07 Å². The Morgan fingerprint density at radius 2 is 1.94 bits per heavy atom. The van der Waals surface area contributed by atoms with Crippen molar-refractivity contribution in [2.75, 3.05) is 0 Å². The Kier molecular flexibility index (Phi) is 2.64. The van der Waals surface area contributed by atoms with Crippen LogP contribution in [0.15, 0.2) is 36.8 Å². The van der Waals surface area contributed by atoms with Gasteiger partial charge < -0.3 is 4.57 Å². The summed E-state index contributed by atoms with van der Waals surface area (Å²) in [5.41, 5.74) is 0.428. The number of pyridine rings is 1. The van der Waals surface area contributed by atoms with Gasteiger partial charge in [-0.3, -0.25) is 4.98 Å². The number of halogens is 3. The van der Waals surface area contributed by atoms with Crippen LogP contribution >= 0.6 is 0 Å². The lowest BCUT2D eigenvalue weighted by Crippen LogP contribution is -2.17. The highest BCUT2D eigenvalue weighted by Crippen LogP contribution is 2.21. The van der Waals surface area contributed by atoms with Crippen molar-refractivity contribution >= 4 is 0 Å². The molecule has 0 N–H and O–H groups in total. The van der Waals surface area contributed by atoms with Gasteiger partial charge in [0.2, 0.25) is 0 Å². The molecular weight excluding hydrogens is 219 g/mol. The van der Waals surface area contributed by atoms with E-state index < -0.39 is 12.7 Å². The summed E-state index contributed by atoms with van der Waals surface area (Å²) in [6, 6.07) is 5.02. The molecule has 84 valence electrons. The van der Waals surface area contributed by atoms with Gasteiger partial charge in [0.05, 0.1) is 0 Å². The highest BCUT2D eigenvalue weighted by Gasteiger charge is 2.29. The highest BCUT2D eigenvalue weighted by molar-refractivity contribution is 5.48. The molecule has 2 aromatic heterocycles. The van der Waals surface area contributed by atoms with Crippen LogP contribution in [0.1, 0.15) is 0 Å². The van der Waals surface area contributed by atoms with E-state index in [9.17, 15) is 13.2 Å². The Morgan fingerprint density at radius 1 is 1.12 bits per heavy atom. The first-order valence-corrected chi connectivity index (χ1v) is 4.55. The molecule has 3 nitrogen and oxygen atoms in total. The van der Waals surface area contributed by atoms with Gasteiger partial charge >= 0.3 is 6.18 Å². The molecule has 2 aromatic rings. The predicted molar refractivity (Wildman–Crippen MR) is 51.5 cm³/mol. The van der Waals surface area contributed by atoms with Crippen LogP contribution in [0.5, 0.6) is 0 Å². The minimum absolute atomic E-state index is 0.220. The van der Waals surface area contributed by atoms with Crippen LogP contribution in [0.25, 0.3) is 11.5 Å². The lowest BCUT2D eigenvalue weighted by atomic mass is 10.3. The van der Waals surface area contributed by atoms with Crippen LogP contribution in [0.4, 0.5) is 13.2 Å². The molecule has 0 atom stereocenters. The molecule has 0 amide bonds. The normalized spacial score (nSPS) is 11.7. The maximum Gasteiger partial charge on any atom is 0.406 e. The number of alkyl halides is 3. The predicted octanol–water partition coefficient (Wildman–Crippen LogP) is 2.51. The van der Waals surface area contributed by atoms with E-state index in [1.54, 1.807) is 18.2 Å². The van der Waals surface area contributed by atoms with Gasteiger partial charge in [0.15, 0.2) is 5.82 Å². The first kappa shape index (κ1) is 10.7. The molecule has 0 saturated heterocycles. The number of nitrogens with zero attached hydrogens (tertiary/aromatic N) is 3. The zero-order valence-electron chi connectivity index (χ0n) is 8.15. The molecule has 2 heterocycles. The third-order valence-corrected chi connectivity index (χ3v) is 1.96. The monoisotopic (exact) mass is 227 g/mol. The van der Waals surface area contributed by atoms with Crippen molar-refractivity contribution in [1.82, 2.24) is 14.5 Å². The van der Waals surface area contributed by atoms with Gasteiger partial charge in [-0.2, -0.15) is 13.2 Å². The van der Waals surface area contributed by atoms with E-state index >= 15 is 0 Å². The molecule has 0 aliphatic rings. The standard InChI is InChI=1S/C10H8F3N3/c11-10(12,13)7-16-6-5-15-9(16)8-3-1-2-4-14-8/h1-6H,7H2. The third kappa shape index (κ3) is 2.39. The second-order valence-electron chi connectivity index (χ2n) is 3.21. The quantitative estimate of drug-likeness (QED) is 0.789. The van der Waals surface area contributed by atoms with E-state index in [1.807, 2.05) is 0 Å². The Hall–Kier alpha value is -1.85. The van der Waals surface area contributed by atoms with Crippen LogP contribution in [-0.4, -0.2) is 20.7 Å². The van der Waals surface area contributed by atoms with Crippen LogP contribution in [0.2, 0.25) is 0 Å². The SMILES string of the molecule is FC(F)(F)Cn1ccnc1-c1ccccn1. The molecule has 6 heteroatoms. The number of aromatic nitrogens is 3. The lowest BCUT2D eigenvalue weighted by Gasteiger charge is -2.09. The van der Waals surface area contributed by atoms with Gasteiger partial charge in [0, 0.05) is 18.6 Å². The van der Waals surface area contributed by atoms with Crippen molar-refractivity contribution in [1.29, 1.82) is 0 Å². The van der Waals surface area contributed by atoms with Crippen molar-refractivity contribution in [2.45, 2.75) is 12.7 Å². The molecule has 0 saturated carbocycles. The Labute approximate surface area is 89.6 Å². The average molecular weight is 227 g/mol. The van der Waals surface area contributed by atoms with Crippen LogP contribution < -0.4 is 0 Å². The highest BCUT2D eigenvalue weighted by atomic mass is 19.4. The third-order valence-electron chi connectivity index (χ3n) is 1.96. The molecule has 0 aliphatic heterocycles. The van der Waals surface area contributed by atoms with E-state index in [4.69, 9.17) is 0 Å².